The first-order valence-electron chi connectivity index (χ1n) is 4.67. The first-order chi connectivity index (χ1) is 6.58. The van der Waals surface area contributed by atoms with Crippen LogP contribution in [0, 0.1) is 5.41 Å². The van der Waals surface area contributed by atoms with Gasteiger partial charge in [0.15, 0.2) is 5.78 Å². The van der Waals surface area contributed by atoms with E-state index in [1.165, 1.54) is 0 Å². The van der Waals surface area contributed by atoms with E-state index >= 15 is 0 Å². The number of hydrogen-bond acceptors (Lipinski definition) is 2. The molecule has 0 heterocycles. The second kappa shape index (κ2) is 4.38. The highest BCUT2D eigenvalue weighted by atomic mass is 16.5. The summed E-state index contributed by atoms with van der Waals surface area (Å²) >= 11 is 0. The van der Waals surface area contributed by atoms with E-state index in [0.717, 1.165) is 5.56 Å². The zero-order valence-corrected chi connectivity index (χ0v) is 8.91. The lowest BCUT2D eigenvalue weighted by molar-refractivity contribution is 0.0631. The molecule has 0 amide bonds. The van der Waals surface area contributed by atoms with Crippen molar-refractivity contribution in [2.24, 2.45) is 5.41 Å². The van der Waals surface area contributed by atoms with Crippen LogP contribution in [0.2, 0.25) is 0 Å². The maximum atomic E-state index is 12.0. The molecular formula is C12H16O2. The predicted octanol–water partition coefficient (Wildman–Crippen LogP) is 2.54. The highest BCUT2D eigenvalue weighted by molar-refractivity contribution is 6.00. The number of carbonyl (C=O) groups excluding carboxylic acids is 1. The Hall–Kier alpha value is -1.15. The second-order valence-corrected chi connectivity index (χ2v) is 4.01. The van der Waals surface area contributed by atoms with Crippen molar-refractivity contribution < 1.29 is 9.53 Å². The molecule has 1 aromatic carbocycles. The van der Waals surface area contributed by atoms with Crippen LogP contribution in [0.5, 0.6) is 0 Å². The highest BCUT2D eigenvalue weighted by Crippen LogP contribution is 2.21. The molecule has 0 aliphatic carbocycles. The van der Waals surface area contributed by atoms with Gasteiger partial charge in [0.2, 0.25) is 0 Å². The molecule has 0 fully saturated rings. The van der Waals surface area contributed by atoms with E-state index in [9.17, 15) is 4.79 Å². The minimum Gasteiger partial charge on any atom is -0.384 e. The second-order valence-electron chi connectivity index (χ2n) is 4.01. The quantitative estimate of drug-likeness (QED) is 0.685. The van der Waals surface area contributed by atoms with E-state index < -0.39 is 5.41 Å². The van der Waals surface area contributed by atoms with Crippen LogP contribution in [0.25, 0.3) is 0 Å². The molecule has 0 spiro atoms. The van der Waals surface area contributed by atoms with Gasteiger partial charge in [-0.25, -0.2) is 0 Å². The van der Waals surface area contributed by atoms with Gasteiger partial charge < -0.3 is 4.74 Å². The third-order valence-electron chi connectivity index (χ3n) is 2.16. The number of methoxy groups -OCH3 is 1. The lowest BCUT2D eigenvalue weighted by Crippen LogP contribution is -2.29. The Labute approximate surface area is 84.9 Å². The van der Waals surface area contributed by atoms with Crippen LogP contribution in [0.3, 0.4) is 0 Å². The summed E-state index contributed by atoms with van der Waals surface area (Å²) < 4.78 is 5.03. The van der Waals surface area contributed by atoms with E-state index in [4.69, 9.17) is 4.74 Å². The minimum absolute atomic E-state index is 0.125. The number of carbonyl (C=O) groups is 1. The van der Waals surface area contributed by atoms with Crippen molar-refractivity contribution >= 4 is 5.78 Å². The van der Waals surface area contributed by atoms with Gasteiger partial charge in [-0.2, -0.15) is 0 Å². The number of rotatable bonds is 4. The molecule has 76 valence electrons. The van der Waals surface area contributed by atoms with Crippen LogP contribution in [0.15, 0.2) is 30.3 Å². The van der Waals surface area contributed by atoms with Crippen LogP contribution in [-0.2, 0) is 4.74 Å². The lowest BCUT2D eigenvalue weighted by atomic mass is 9.85. The van der Waals surface area contributed by atoms with Crippen LogP contribution in [-0.4, -0.2) is 19.5 Å². The molecule has 14 heavy (non-hydrogen) atoms. The van der Waals surface area contributed by atoms with Crippen molar-refractivity contribution in [3.63, 3.8) is 0 Å². The number of benzene rings is 1. The molecule has 0 saturated heterocycles. The Morgan fingerprint density at radius 1 is 1.29 bits per heavy atom. The van der Waals surface area contributed by atoms with Gasteiger partial charge in [0.25, 0.3) is 0 Å². The number of ether oxygens (including phenoxy) is 1. The van der Waals surface area contributed by atoms with Crippen molar-refractivity contribution in [1.82, 2.24) is 0 Å². The number of ketones is 1. The molecular weight excluding hydrogens is 176 g/mol. The van der Waals surface area contributed by atoms with Crippen molar-refractivity contribution in [3.8, 4) is 0 Å². The monoisotopic (exact) mass is 192 g/mol. The SMILES string of the molecule is COCC(C)(C)C(=O)c1ccccc1. The summed E-state index contributed by atoms with van der Waals surface area (Å²) in [6.45, 7) is 4.23. The zero-order chi connectivity index (χ0) is 10.6. The van der Waals surface area contributed by atoms with Gasteiger partial charge >= 0.3 is 0 Å². The van der Waals surface area contributed by atoms with Crippen molar-refractivity contribution in [2.75, 3.05) is 13.7 Å². The van der Waals surface area contributed by atoms with Gasteiger partial charge in [-0.15, -0.1) is 0 Å². The van der Waals surface area contributed by atoms with E-state index in [1.54, 1.807) is 7.11 Å². The fourth-order valence-corrected chi connectivity index (χ4v) is 1.41. The normalized spacial score (nSPS) is 11.4. The molecule has 1 aromatic rings. The van der Waals surface area contributed by atoms with E-state index in [0.29, 0.717) is 6.61 Å². The average molecular weight is 192 g/mol. The summed E-state index contributed by atoms with van der Waals surface area (Å²) in [5.41, 5.74) is 0.297. The van der Waals surface area contributed by atoms with Crippen molar-refractivity contribution in [1.29, 1.82) is 0 Å². The third-order valence-corrected chi connectivity index (χ3v) is 2.16. The Bertz CT molecular complexity index is 301. The Balaban J connectivity index is 2.85. The Morgan fingerprint density at radius 2 is 1.86 bits per heavy atom. The molecule has 0 aliphatic rings. The molecule has 0 radical (unpaired) electrons. The summed E-state index contributed by atoms with van der Waals surface area (Å²) in [6, 6.07) is 9.31. The molecule has 1 rings (SSSR count). The first-order valence-corrected chi connectivity index (χ1v) is 4.67. The first kappa shape index (κ1) is 10.9. The molecule has 2 nitrogen and oxygen atoms in total. The predicted molar refractivity (Wildman–Crippen MR) is 56.4 cm³/mol. The summed E-state index contributed by atoms with van der Waals surface area (Å²) in [5.74, 6) is 0.125. The summed E-state index contributed by atoms with van der Waals surface area (Å²) in [5, 5.41) is 0. The van der Waals surface area contributed by atoms with Gasteiger partial charge in [-0.05, 0) is 0 Å². The molecule has 0 bridgehead atoms. The van der Waals surface area contributed by atoms with Gasteiger partial charge in [-0.1, -0.05) is 44.2 Å². The summed E-state index contributed by atoms with van der Waals surface area (Å²) in [7, 11) is 1.61. The maximum Gasteiger partial charge on any atom is 0.170 e. The molecule has 2 heteroatoms. The minimum atomic E-state index is -0.448. The fourth-order valence-electron chi connectivity index (χ4n) is 1.41. The average Bonchev–Trinajstić information content (AvgIpc) is 2.18. The smallest absolute Gasteiger partial charge is 0.170 e. The van der Waals surface area contributed by atoms with Crippen LogP contribution >= 0.6 is 0 Å². The van der Waals surface area contributed by atoms with Crippen LogP contribution < -0.4 is 0 Å². The van der Waals surface area contributed by atoms with Crippen molar-refractivity contribution in [2.45, 2.75) is 13.8 Å². The van der Waals surface area contributed by atoms with Gasteiger partial charge in [-0.3, -0.25) is 4.79 Å². The Morgan fingerprint density at radius 3 is 2.36 bits per heavy atom. The number of hydrogen-bond donors (Lipinski definition) is 0. The fraction of sp³-hybridized carbons (Fsp3) is 0.417. The Kier molecular flexibility index (Phi) is 3.42. The van der Waals surface area contributed by atoms with Gasteiger partial charge in [0.05, 0.1) is 12.0 Å². The zero-order valence-electron chi connectivity index (χ0n) is 8.91. The van der Waals surface area contributed by atoms with Crippen LogP contribution in [0.4, 0.5) is 0 Å². The lowest BCUT2D eigenvalue weighted by Gasteiger charge is -2.21. The van der Waals surface area contributed by atoms with Crippen LogP contribution in [0.1, 0.15) is 24.2 Å². The number of Topliss-reactive ketones (excluding diaryl/α,β-unsaturated/α-hetero) is 1. The largest absolute Gasteiger partial charge is 0.384 e. The van der Waals surface area contributed by atoms with Gasteiger partial charge in [0.1, 0.15) is 0 Å². The molecule has 0 aliphatic heterocycles. The van der Waals surface area contributed by atoms with E-state index in [-0.39, 0.29) is 5.78 Å². The molecule has 0 atom stereocenters. The van der Waals surface area contributed by atoms with Crippen molar-refractivity contribution in [3.05, 3.63) is 35.9 Å². The van der Waals surface area contributed by atoms with Gasteiger partial charge in [0, 0.05) is 12.7 Å². The van der Waals surface area contributed by atoms with E-state index in [2.05, 4.69) is 0 Å². The van der Waals surface area contributed by atoms with E-state index in [1.807, 2.05) is 44.2 Å². The summed E-state index contributed by atoms with van der Waals surface area (Å²) in [6.07, 6.45) is 0. The maximum absolute atomic E-state index is 12.0. The molecule has 0 unspecified atom stereocenters. The summed E-state index contributed by atoms with van der Waals surface area (Å²) in [4.78, 5) is 12.0. The molecule has 0 aromatic heterocycles. The molecule has 0 N–H and O–H groups in total. The standard InChI is InChI=1S/C12H16O2/c1-12(2,9-14-3)11(13)10-7-5-4-6-8-10/h4-8H,9H2,1-3H3. The molecule has 0 saturated carbocycles. The topological polar surface area (TPSA) is 26.3 Å². The third kappa shape index (κ3) is 2.42. The highest BCUT2D eigenvalue weighted by Gasteiger charge is 2.28.